The van der Waals surface area contributed by atoms with Gasteiger partial charge in [0.15, 0.2) is 0 Å². The van der Waals surface area contributed by atoms with Crippen LogP contribution in [0.1, 0.15) is 26.7 Å². The Labute approximate surface area is 147 Å². The zero-order valence-electron chi connectivity index (χ0n) is 14.2. The molecule has 6 nitrogen and oxygen atoms in total. The van der Waals surface area contributed by atoms with Crippen LogP contribution in [0.4, 0.5) is 16.2 Å². The van der Waals surface area contributed by atoms with E-state index in [-0.39, 0.29) is 11.9 Å². The van der Waals surface area contributed by atoms with Crippen LogP contribution in [0.3, 0.4) is 0 Å². The van der Waals surface area contributed by atoms with Gasteiger partial charge in [0.1, 0.15) is 0 Å². The zero-order chi connectivity index (χ0) is 17.5. The SMILES string of the molecule is CC(C)CCCNC(=O)Nc1ccc(N2CCNC(=O)C2)c(Cl)c1. The summed E-state index contributed by atoms with van der Waals surface area (Å²) >= 11 is 6.31. The second kappa shape index (κ2) is 8.78. The quantitative estimate of drug-likeness (QED) is 0.689. The molecule has 1 heterocycles. The number of rotatable bonds is 6. The Morgan fingerprint density at radius 1 is 1.42 bits per heavy atom. The van der Waals surface area contributed by atoms with Crippen molar-refractivity contribution in [1.82, 2.24) is 10.6 Å². The normalized spacial score (nSPS) is 14.5. The minimum atomic E-state index is -0.236. The fourth-order valence-electron chi connectivity index (χ4n) is 2.57. The van der Waals surface area contributed by atoms with Crippen LogP contribution in [0.25, 0.3) is 0 Å². The Kier molecular flexibility index (Phi) is 6.73. The molecule has 1 aromatic carbocycles. The minimum Gasteiger partial charge on any atom is -0.359 e. The van der Waals surface area contributed by atoms with Crippen LogP contribution in [0, 0.1) is 5.92 Å². The molecular formula is C17H25ClN4O2. The molecule has 1 saturated heterocycles. The highest BCUT2D eigenvalue weighted by atomic mass is 35.5. The minimum absolute atomic E-state index is 0.0136. The Balaban J connectivity index is 1.87. The second-order valence-corrected chi connectivity index (χ2v) is 6.76. The summed E-state index contributed by atoms with van der Waals surface area (Å²) in [5.41, 5.74) is 1.43. The Morgan fingerprint density at radius 3 is 2.88 bits per heavy atom. The number of piperazine rings is 1. The van der Waals surface area contributed by atoms with E-state index in [1.165, 1.54) is 0 Å². The van der Waals surface area contributed by atoms with Crippen LogP contribution in [-0.4, -0.2) is 38.1 Å². The van der Waals surface area contributed by atoms with E-state index in [0.29, 0.717) is 42.8 Å². The smallest absolute Gasteiger partial charge is 0.319 e. The van der Waals surface area contributed by atoms with Crippen LogP contribution < -0.4 is 20.9 Å². The van der Waals surface area contributed by atoms with E-state index >= 15 is 0 Å². The van der Waals surface area contributed by atoms with Crippen LogP contribution >= 0.6 is 11.6 Å². The van der Waals surface area contributed by atoms with Crippen molar-refractivity contribution in [2.45, 2.75) is 26.7 Å². The lowest BCUT2D eigenvalue weighted by atomic mass is 10.1. The number of nitrogens with one attached hydrogen (secondary N) is 3. The molecule has 2 rings (SSSR count). The number of benzene rings is 1. The number of carbonyl (C=O) groups excluding carboxylic acids is 2. The van der Waals surface area contributed by atoms with Gasteiger partial charge in [-0.25, -0.2) is 4.79 Å². The summed E-state index contributed by atoms with van der Waals surface area (Å²) in [5.74, 6) is 0.623. The maximum atomic E-state index is 11.9. The van der Waals surface area contributed by atoms with E-state index in [4.69, 9.17) is 11.6 Å². The van der Waals surface area contributed by atoms with E-state index in [9.17, 15) is 9.59 Å². The first-order valence-electron chi connectivity index (χ1n) is 8.31. The average molecular weight is 353 g/mol. The highest BCUT2D eigenvalue weighted by Gasteiger charge is 2.18. The van der Waals surface area contributed by atoms with Gasteiger partial charge in [0, 0.05) is 25.3 Å². The third-order valence-electron chi connectivity index (χ3n) is 3.83. The largest absolute Gasteiger partial charge is 0.359 e. The molecule has 7 heteroatoms. The molecule has 0 aromatic heterocycles. The first kappa shape index (κ1) is 18.4. The third kappa shape index (κ3) is 5.60. The number of amides is 3. The number of carbonyl (C=O) groups is 2. The topological polar surface area (TPSA) is 73.5 Å². The Bertz CT molecular complexity index is 592. The first-order chi connectivity index (χ1) is 11.5. The van der Waals surface area contributed by atoms with Gasteiger partial charge >= 0.3 is 6.03 Å². The molecule has 0 radical (unpaired) electrons. The fraction of sp³-hybridized carbons (Fsp3) is 0.529. The molecular weight excluding hydrogens is 328 g/mol. The number of hydrogen-bond acceptors (Lipinski definition) is 3. The van der Waals surface area contributed by atoms with Gasteiger partial charge < -0.3 is 20.9 Å². The molecule has 3 amide bonds. The van der Waals surface area contributed by atoms with Crippen LogP contribution in [0.2, 0.25) is 5.02 Å². The lowest BCUT2D eigenvalue weighted by Crippen LogP contribution is -2.47. The highest BCUT2D eigenvalue weighted by molar-refractivity contribution is 6.33. The van der Waals surface area contributed by atoms with Gasteiger partial charge in [0.2, 0.25) is 5.91 Å². The van der Waals surface area contributed by atoms with Crippen molar-refractivity contribution >= 4 is 34.9 Å². The lowest BCUT2D eigenvalue weighted by Gasteiger charge is -2.29. The molecule has 132 valence electrons. The molecule has 24 heavy (non-hydrogen) atoms. The number of nitrogens with zero attached hydrogens (tertiary/aromatic N) is 1. The van der Waals surface area contributed by atoms with Crippen molar-refractivity contribution in [3.63, 3.8) is 0 Å². The molecule has 0 unspecified atom stereocenters. The molecule has 1 aromatic rings. The monoisotopic (exact) mass is 352 g/mol. The van der Waals surface area contributed by atoms with Gasteiger partial charge in [0.05, 0.1) is 17.3 Å². The number of urea groups is 1. The van der Waals surface area contributed by atoms with Gasteiger partial charge in [-0.05, 0) is 37.0 Å². The molecule has 1 fully saturated rings. The van der Waals surface area contributed by atoms with Crippen molar-refractivity contribution in [2.75, 3.05) is 36.4 Å². The first-order valence-corrected chi connectivity index (χ1v) is 8.69. The second-order valence-electron chi connectivity index (χ2n) is 6.35. The van der Waals surface area contributed by atoms with Crippen molar-refractivity contribution < 1.29 is 9.59 Å². The van der Waals surface area contributed by atoms with Gasteiger partial charge in [-0.1, -0.05) is 25.4 Å². The number of anilines is 2. The standard InChI is InChI=1S/C17H25ClN4O2/c1-12(2)4-3-7-20-17(24)21-13-5-6-15(14(18)10-13)22-9-8-19-16(23)11-22/h5-6,10,12H,3-4,7-9,11H2,1-2H3,(H,19,23)(H2,20,21,24). The summed E-state index contributed by atoms with van der Waals surface area (Å²) in [5, 5.41) is 8.91. The third-order valence-corrected chi connectivity index (χ3v) is 4.13. The van der Waals surface area contributed by atoms with Crippen LogP contribution in [-0.2, 0) is 4.79 Å². The molecule has 0 spiro atoms. The molecule has 0 saturated carbocycles. The fourth-order valence-corrected chi connectivity index (χ4v) is 2.87. The van der Waals surface area contributed by atoms with Crippen molar-refractivity contribution in [3.05, 3.63) is 23.2 Å². The Morgan fingerprint density at radius 2 is 2.21 bits per heavy atom. The molecule has 1 aliphatic rings. The van der Waals surface area contributed by atoms with Gasteiger partial charge in [-0.2, -0.15) is 0 Å². The van der Waals surface area contributed by atoms with Crippen LogP contribution in [0.15, 0.2) is 18.2 Å². The van der Waals surface area contributed by atoms with Crippen molar-refractivity contribution in [1.29, 1.82) is 0 Å². The van der Waals surface area contributed by atoms with Crippen molar-refractivity contribution in [2.24, 2.45) is 5.92 Å². The highest BCUT2D eigenvalue weighted by Crippen LogP contribution is 2.29. The summed E-state index contributed by atoms with van der Waals surface area (Å²) < 4.78 is 0. The maximum Gasteiger partial charge on any atom is 0.319 e. The van der Waals surface area contributed by atoms with Gasteiger partial charge in [0.25, 0.3) is 0 Å². The van der Waals surface area contributed by atoms with Crippen molar-refractivity contribution in [3.8, 4) is 0 Å². The van der Waals surface area contributed by atoms with Gasteiger partial charge in [-0.15, -0.1) is 0 Å². The summed E-state index contributed by atoms with van der Waals surface area (Å²) in [6, 6.07) is 5.09. The predicted molar refractivity (Wildman–Crippen MR) is 97.8 cm³/mol. The van der Waals surface area contributed by atoms with Crippen LogP contribution in [0.5, 0.6) is 0 Å². The predicted octanol–water partition coefficient (Wildman–Crippen LogP) is 2.83. The molecule has 1 aliphatic heterocycles. The molecule has 0 bridgehead atoms. The molecule has 3 N–H and O–H groups in total. The van der Waals surface area contributed by atoms with E-state index in [1.807, 2.05) is 11.0 Å². The van der Waals surface area contributed by atoms with E-state index in [2.05, 4.69) is 29.8 Å². The lowest BCUT2D eigenvalue weighted by molar-refractivity contribution is -0.120. The summed E-state index contributed by atoms with van der Waals surface area (Å²) in [6.07, 6.45) is 2.05. The molecule has 0 atom stereocenters. The summed E-state index contributed by atoms with van der Waals surface area (Å²) in [4.78, 5) is 25.3. The number of hydrogen-bond donors (Lipinski definition) is 3. The van der Waals surface area contributed by atoms with E-state index in [0.717, 1.165) is 18.5 Å². The van der Waals surface area contributed by atoms with E-state index < -0.39 is 0 Å². The maximum absolute atomic E-state index is 11.9. The number of halogens is 1. The summed E-state index contributed by atoms with van der Waals surface area (Å²) in [7, 11) is 0. The zero-order valence-corrected chi connectivity index (χ0v) is 14.9. The molecule has 0 aliphatic carbocycles. The average Bonchev–Trinajstić information content (AvgIpc) is 2.51. The summed E-state index contributed by atoms with van der Waals surface area (Å²) in [6.45, 7) is 6.59. The van der Waals surface area contributed by atoms with Gasteiger partial charge in [-0.3, -0.25) is 4.79 Å². The Hall–Kier alpha value is -1.95. The van der Waals surface area contributed by atoms with E-state index in [1.54, 1.807) is 12.1 Å².